The van der Waals surface area contributed by atoms with Gasteiger partial charge in [0.15, 0.2) is 0 Å². The minimum atomic E-state index is -0.312. The van der Waals surface area contributed by atoms with E-state index in [2.05, 4.69) is 32.7 Å². The predicted molar refractivity (Wildman–Crippen MR) is 108 cm³/mol. The molecule has 11 heteroatoms. The fraction of sp³-hybridized carbons (Fsp3) is 0.267. The quantitative estimate of drug-likeness (QED) is 0.393. The molecule has 0 aliphatic rings. The molecule has 0 bridgehead atoms. The van der Waals surface area contributed by atoms with Gasteiger partial charge in [0.25, 0.3) is 0 Å². The predicted octanol–water partition coefficient (Wildman–Crippen LogP) is 2.88. The lowest BCUT2D eigenvalue weighted by Crippen LogP contribution is -2.26. The van der Waals surface area contributed by atoms with Gasteiger partial charge in [-0.25, -0.2) is 18.9 Å². The van der Waals surface area contributed by atoms with Crippen molar-refractivity contribution in [3.63, 3.8) is 0 Å². The zero-order chi connectivity index (χ0) is 18.7. The van der Waals surface area contributed by atoms with Crippen LogP contribution in [0.4, 0.5) is 4.39 Å². The van der Waals surface area contributed by atoms with Gasteiger partial charge in [0.05, 0.1) is 40.7 Å². The van der Waals surface area contributed by atoms with Crippen LogP contribution in [0.1, 0.15) is 4.88 Å². The van der Waals surface area contributed by atoms with Crippen LogP contribution in [0.15, 0.2) is 41.4 Å². The first kappa shape index (κ1) is 19.3. The number of aromatic nitrogens is 5. The highest BCUT2D eigenvalue weighted by Gasteiger charge is 2.13. The van der Waals surface area contributed by atoms with Crippen molar-refractivity contribution in [3.8, 4) is 10.6 Å². The monoisotopic (exact) mass is 508 g/mol. The van der Waals surface area contributed by atoms with E-state index >= 15 is 0 Å². The van der Waals surface area contributed by atoms with Gasteiger partial charge in [-0.1, -0.05) is 22.6 Å². The van der Waals surface area contributed by atoms with Gasteiger partial charge in [0.1, 0.15) is 6.33 Å². The number of nitrogens with zero attached hydrogens (tertiary/aromatic N) is 5. The molecule has 0 saturated heterocycles. The summed E-state index contributed by atoms with van der Waals surface area (Å²) in [5.41, 5.74) is 6.35. The molecule has 0 saturated carbocycles. The molecule has 0 aliphatic carbocycles. The van der Waals surface area contributed by atoms with Crippen LogP contribution in [0.25, 0.3) is 10.6 Å². The van der Waals surface area contributed by atoms with Crippen molar-refractivity contribution in [2.24, 2.45) is 5.73 Å². The van der Waals surface area contributed by atoms with Crippen LogP contribution in [-0.4, -0.2) is 30.4 Å². The third kappa shape index (κ3) is 3.92. The molecule has 0 fully saturated rings. The summed E-state index contributed by atoms with van der Waals surface area (Å²) < 4.78 is 17.9. The highest BCUT2D eigenvalue weighted by Crippen LogP contribution is 2.30. The van der Waals surface area contributed by atoms with E-state index in [1.807, 2.05) is 16.7 Å². The summed E-state index contributed by atoms with van der Waals surface area (Å²) in [6.45, 7) is 0.464. The Morgan fingerprint density at radius 2 is 2.27 bits per heavy atom. The Bertz CT molecular complexity index is 991. The first-order chi connectivity index (χ1) is 12.6. The van der Waals surface area contributed by atoms with Crippen molar-refractivity contribution in [3.05, 3.63) is 57.2 Å². The average Bonchev–Trinajstić information content (AvgIpc) is 3.34. The van der Waals surface area contributed by atoms with E-state index in [1.165, 1.54) is 15.6 Å². The topological polar surface area (TPSA) is 83.7 Å². The lowest BCUT2D eigenvalue weighted by molar-refractivity contribution is 0.604. The number of hydrogen-bond donors (Lipinski definition) is 1. The number of nitrogens with two attached hydrogens (primary N) is 1. The molecule has 3 rings (SSSR count). The summed E-state index contributed by atoms with van der Waals surface area (Å²) in [5, 5.41) is 4.46. The van der Waals surface area contributed by atoms with E-state index in [0.29, 0.717) is 28.3 Å². The maximum absolute atomic E-state index is 12.6. The summed E-state index contributed by atoms with van der Waals surface area (Å²) in [5.74, 6) is 0. The van der Waals surface area contributed by atoms with Crippen LogP contribution >= 0.6 is 45.5 Å². The Kier molecular flexibility index (Phi) is 6.27. The van der Waals surface area contributed by atoms with Gasteiger partial charge in [0, 0.05) is 11.4 Å². The lowest BCUT2D eigenvalue weighted by atomic mass is 10.3. The Hall–Kier alpha value is -1.50. The fourth-order valence-electron chi connectivity index (χ4n) is 2.36. The second-order valence-corrected chi connectivity index (χ2v) is 7.59. The second-order valence-electron chi connectivity index (χ2n) is 5.40. The normalized spacial score (nSPS) is 12.1. The zero-order valence-electron chi connectivity index (χ0n) is 13.5. The van der Waals surface area contributed by atoms with E-state index in [1.54, 1.807) is 17.5 Å². The van der Waals surface area contributed by atoms with Crippen molar-refractivity contribution >= 4 is 45.5 Å². The van der Waals surface area contributed by atoms with Crippen LogP contribution in [0.5, 0.6) is 0 Å². The lowest BCUT2D eigenvalue weighted by Gasteiger charge is -2.03. The molecule has 0 unspecified atom stereocenters. The number of thiophene rings is 1. The van der Waals surface area contributed by atoms with Crippen molar-refractivity contribution in [1.82, 2.24) is 23.9 Å². The maximum Gasteiger partial charge on any atom is 0.346 e. The van der Waals surface area contributed by atoms with E-state index in [-0.39, 0.29) is 18.8 Å². The molecule has 0 atom stereocenters. The Labute approximate surface area is 171 Å². The largest absolute Gasteiger partial charge is 0.346 e. The summed E-state index contributed by atoms with van der Waals surface area (Å²) in [4.78, 5) is 18.5. The van der Waals surface area contributed by atoms with Crippen molar-refractivity contribution in [1.29, 1.82) is 0 Å². The molecule has 0 radical (unpaired) electrons. The van der Waals surface area contributed by atoms with Gasteiger partial charge in [-0.3, -0.25) is 4.57 Å². The molecule has 0 aliphatic heterocycles. The van der Waals surface area contributed by atoms with Gasteiger partial charge >= 0.3 is 5.69 Å². The van der Waals surface area contributed by atoms with Crippen molar-refractivity contribution in [2.45, 2.75) is 17.6 Å². The van der Waals surface area contributed by atoms with Gasteiger partial charge in [0.2, 0.25) is 5.28 Å². The number of rotatable bonds is 7. The summed E-state index contributed by atoms with van der Waals surface area (Å²) >= 11 is 9.85. The van der Waals surface area contributed by atoms with E-state index in [0.717, 1.165) is 15.4 Å². The number of halogens is 3. The van der Waals surface area contributed by atoms with Crippen LogP contribution < -0.4 is 11.4 Å². The van der Waals surface area contributed by atoms with Crippen molar-refractivity contribution < 1.29 is 4.39 Å². The SMILES string of the molecule is NC/C(=C\F)Cn1ncn(Cc2ccc(-c3cnc(Cl)n3CI)s2)c1=O. The molecular weight excluding hydrogens is 494 g/mol. The molecule has 2 N–H and O–H groups in total. The van der Waals surface area contributed by atoms with Gasteiger partial charge in [-0.15, -0.1) is 11.3 Å². The minimum Gasteiger partial charge on any atom is -0.327 e. The van der Waals surface area contributed by atoms with E-state index in [4.69, 9.17) is 17.3 Å². The highest BCUT2D eigenvalue weighted by atomic mass is 127. The Morgan fingerprint density at radius 3 is 2.96 bits per heavy atom. The van der Waals surface area contributed by atoms with Crippen LogP contribution in [-0.2, 0) is 17.6 Å². The molecule has 3 aromatic heterocycles. The summed E-state index contributed by atoms with van der Waals surface area (Å²) in [6.07, 6.45) is 3.59. The van der Waals surface area contributed by atoms with Gasteiger partial charge < -0.3 is 10.3 Å². The van der Waals surface area contributed by atoms with E-state index < -0.39 is 0 Å². The summed E-state index contributed by atoms with van der Waals surface area (Å²) in [6, 6.07) is 3.93. The minimum absolute atomic E-state index is 0.0388. The molecule has 3 aromatic rings. The Balaban J connectivity index is 1.80. The van der Waals surface area contributed by atoms with Crippen LogP contribution in [0.3, 0.4) is 0 Å². The molecule has 3 heterocycles. The third-order valence-corrected chi connectivity index (χ3v) is 5.81. The molecule has 138 valence electrons. The van der Waals surface area contributed by atoms with Gasteiger partial charge in [-0.2, -0.15) is 5.10 Å². The Morgan fingerprint density at radius 1 is 1.46 bits per heavy atom. The number of alkyl halides is 1. The molecule has 0 amide bonds. The summed E-state index contributed by atoms with van der Waals surface area (Å²) in [7, 11) is 0. The molecular formula is C15H15ClFIN6OS. The highest BCUT2D eigenvalue weighted by molar-refractivity contribution is 14.1. The zero-order valence-corrected chi connectivity index (χ0v) is 17.2. The molecule has 0 aromatic carbocycles. The third-order valence-electron chi connectivity index (χ3n) is 3.73. The molecule has 0 spiro atoms. The fourth-order valence-corrected chi connectivity index (χ4v) is 4.47. The average molecular weight is 509 g/mol. The van der Waals surface area contributed by atoms with Crippen LogP contribution in [0, 0.1) is 0 Å². The number of imidazole rings is 1. The first-order valence-electron chi connectivity index (χ1n) is 7.54. The molecule has 7 nitrogen and oxygen atoms in total. The smallest absolute Gasteiger partial charge is 0.327 e. The number of hydrogen-bond acceptors (Lipinski definition) is 5. The first-order valence-corrected chi connectivity index (χ1v) is 10.3. The second kappa shape index (κ2) is 8.46. The van der Waals surface area contributed by atoms with Gasteiger partial charge in [-0.05, 0) is 29.3 Å². The van der Waals surface area contributed by atoms with E-state index in [9.17, 15) is 9.18 Å². The standard InChI is InChI=1S/C15H15ClFIN6OS/c16-14-20-5-12(23(14)8-18)13-2-1-11(26-13)7-22-9-21-24(15(22)25)6-10(3-17)4-19/h1-3,5,9H,4,6-8,19H2/b10-3+. The molecule has 26 heavy (non-hydrogen) atoms. The maximum atomic E-state index is 12.6. The van der Waals surface area contributed by atoms with Crippen LogP contribution in [0.2, 0.25) is 5.28 Å². The van der Waals surface area contributed by atoms with Crippen molar-refractivity contribution in [2.75, 3.05) is 6.54 Å².